The molecule has 2 rings (SSSR count). The second-order valence-corrected chi connectivity index (χ2v) is 4.55. The lowest BCUT2D eigenvalue weighted by atomic mass is 10.1. The Morgan fingerprint density at radius 2 is 2.20 bits per heavy atom. The summed E-state index contributed by atoms with van der Waals surface area (Å²) in [5.74, 6) is 0. The lowest BCUT2D eigenvalue weighted by Crippen LogP contribution is -2.08. The quantitative estimate of drug-likeness (QED) is 0.780. The molecular formula is C13H14OS. The first-order chi connectivity index (χ1) is 7.31. The van der Waals surface area contributed by atoms with Crippen molar-refractivity contribution in [3.05, 3.63) is 47.9 Å². The third-order valence-electron chi connectivity index (χ3n) is 2.46. The second-order valence-electron chi connectivity index (χ2n) is 3.64. The first kappa shape index (κ1) is 10.4. The van der Waals surface area contributed by atoms with Gasteiger partial charge in [0.25, 0.3) is 0 Å². The molecule has 2 heteroatoms. The van der Waals surface area contributed by atoms with Crippen molar-refractivity contribution >= 4 is 21.4 Å². The van der Waals surface area contributed by atoms with Gasteiger partial charge in [-0.15, -0.1) is 17.9 Å². The summed E-state index contributed by atoms with van der Waals surface area (Å²) in [4.78, 5) is 0. The van der Waals surface area contributed by atoms with Gasteiger partial charge in [0, 0.05) is 11.1 Å². The van der Waals surface area contributed by atoms with Crippen molar-refractivity contribution in [1.29, 1.82) is 0 Å². The lowest BCUT2D eigenvalue weighted by Gasteiger charge is -2.06. The van der Waals surface area contributed by atoms with Crippen LogP contribution in [0.1, 0.15) is 12.0 Å². The van der Waals surface area contributed by atoms with Crippen molar-refractivity contribution in [3.8, 4) is 0 Å². The van der Waals surface area contributed by atoms with Gasteiger partial charge in [-0.1, -0.05) is 24.3 Å². The van der Waals surface area contributed by atoms with Gasteiger partial charge in [0.2, 0.25) is 0 Å². The minimum absolute atomic E-state index is 0.305. The normalized spacial score (nSPS) is 12.9. The molecule has 0 aliphatic carbocycles. The van der Waals surface area contributed by atoms with E-state index in [4.69, 9.17) is 0 Å². The largest absolute Gasteiger partial charge is 0.392 e. The van der Waals surface area contributed by atoms with Crippen molar-refractivity contribution in [3.63, 3.8) is 0 Å². The predicted molar refractivity (Wildman–Crippen MR) is 66.3 cm³/mol. The fraction of sp³-hybridized carbons (Fsp3) is 0.231. The Balaban J connectivity index is 2.24. The fourth-order valence-corrected chi connectivity index (χ4v) is 2.70. The predicted octanol–water partition coefficient (Wildman–Crippen LogP) is 3.38. The van der Waals surface area contributed by atoms with E-state index in [0.29, 0.717) is 6.42 Å². The summed E-state index contributed by atoms with van der Waals surface area (Å²) in [5.41, 5.74) is 1.24. The van der Waals surface area contributed by atoms with Crippen LogP contribution in [-0.2, 0) is 6.42 Å². The molecule has 0 saturated carbocycles. The monoisotopic (exact) mass is 218 g/mol. The first-order valence-corrected chi connectivity index (χ1v) is 5.93. The van der Waals surface area contributed by atoms with Crippen LogP contribution >= 0.6 is 11.3 Å². The Morgan fingerprint density at radius 1 is 1.40 bits per heavy atom. The Hall–Kier alpha value is -1.12. The molecule has 1 aromatic carbocycles. The highest BCUT2D eigenvalue weighted by molar-refractivity contribution is 7.17. The molecule has 0 radical (unpaired) electrons. The van der Waals surface area contributed by atoms with E-state index in [9.17, 15) is 5.11 Å². The number of hydrogen-bond acceptors (Lipinski definition) is 2. The molecule has 1 heterocycles. The van der Waals surface area contributed by atoms with E-state index >= 15 is 0 Å². The summed E-state index contributed by atoms with van der Waals surface area (Å²) in [6, 6.07) is 8.31. The van der Waals surface area contributed by atoms with E-state index in [0.717, 1.165) is 6.42 Å². The van der Waals surface area contributed by atoms with E-state index in [-0.39, 0.29) is 6.10 Å². The zero-order valence-electron chi connectivity index (χ0n) is 8.52. The molecular weight excluding hydrogens is 204 g/mol. The van der Waals surface area contributed by atoms with Crippen LogP contribution in [0.5, 0.6) is 0 Å². The highest BCUT2D eigenvalue weighted by Crippen LogP contribution is 2.26. The molecule has 1 unspecified atom stereocenters. The van der Waals surface area contributed by atoms with Crippen LogP contribution in [0.2, 0.25) is 0 Å². The molecule has 1 aromatic heterocycles. The molecule has 1 N–H and O–H groups in total. The maximum Gasteiger partial charge on any atom is 0.0615 e. The molecule has 0 aliphatic rings. The Labute approximate surface area is 93.7 Å². The smallest absolute Gasteiger partial charge is 0.0615 e. The number of benzene rings is 1. The fourth-order valence-electron chi connectivity index (χ4n) is 1.72. The molecule has 0 aliphatic heterocycles. The van der Waals surface area contributed by atoms with Crippen molar-refractivity contribution in [2.75, 3.05) is 0 Å². The highest BCUT2D eigenvalue weighted by Gasteiger charge is 2.08. The number of fused-ring (bicyclic) bond motifs is 1. The number of thiophene rings is 1. The lowest BCUT2D eigenvalue weighted by molar-refractivity contribution is 0.179. The maximum absolute atomic E-state index is 9.71. The molecule has 0 saturated heterocycles. The Morgan fingerprint density at radius 3 is 3.00 bits per heavy atom. The van der Waals surface area contributed by atoms with Crippen molar-refractivity contribution in [2.24, 2.45) is 0 Å². The first-order valence-electron chi connectivity index (χ1n) is 5.05. The summed E-state index contributed by atoms with van der Waals surface area (Å²) in [5, 5.41) is 13.1. The molecule has 0 amide bonds. The highest BCUT2D eigenvalue weighted by atomic mass is 32.1. The van der Waals surface area contributed by atoms with Crippen LogP contribution in [0.15, 0.2) is 42.3 Å². The number of aliphatic hydroxyl groups excluding tert-OH is 1. The maximum atomic E-state index is 9.71. The molecule has 1 atom stereocenters. The number of rotatable bonds is 4. The van der Waals surface area contributed by atoms with Gasteiger partial charge in [-0.05, 0) is 28.8 Å². The second kappa shape index (κ2) is 4.60. The average Bonchev–Trinajstić information content (AvgIpc) is 2.62. The third-order valence-corrected chi connectivity index (χ3v) is 3.47. The van der Waals surface area contributed by atoms with Gasteiger partial charge in [-0.3, -0.25) is 0 Å². The van der Waals surface area contributed by atoms with E-state index in [1.165, 1.54) is 15.6 Å². The molecule has 1 nitrogen and oxygen atoms in total. The van der Waals surface area contributed by atoms with Gasteiger partial charge < -0.3 is 5.11 Å². The van der Waals surface area contributed by atoms with Gasteiger partial charge in [0.1, 0.15) is 0 Å². The minimum atomic E-state index is -0.305. The summed E-state index contributed by atoms with van der Waals surface area (Å²) < 4.78 is 1.29. The minimum Gasteiger partial charge on any atom is -0.392 e. The van der Waals surface area contributed by atoms with Gasteiger partial charge in [-0.2, -0.15) is 0 Å². The van der Waals surface area contributed by atoms with Crippen molar-refractivity contribution in [2.45, 2.75) is 18.9 Å². The summed E-state index contributed by atoms with van der Waals surface area (Å²) in [6.07, 6.45) is 2.83. The number of hydrogen-bond donors (Lipinski definition) is 1. The van der Waals surface area contributed by atoms with Crippen LogP contribution in [0.25, 0.3) is 10.1 Å². The molecule has 78 valence electrons. The van der Waals surface area contributed by atoms with E-state index in [1.807, 2.05) is 12.1 Å². The van der Waals surface area contributed by atoms with Gasteiger partial charge >= 0.3 is 0 Å². The summed E-state index contributed by atoms with van der Waals surface area (Å²) >= 11 is 1.74. The van der Waals surface area contributed by atoms with Crippen LogP contribution in [0.4, 0.5) is 0 Å². The average molecular weight is 218 g/mol. The molecule has 0 bridgehead atoms. The van der Waals surface area contributed by atoms with Gasteiger partial charge in [-0.25, -0.2) is 0 Å². The van der Waals surface area contributed by atoms with Crippen LogP contribution in [0, 0.1) is 0 Å². The molecule has 0 spiro atoms. The van der Waals surface area contributed by atoms with Crippen molar-refractivity contribution < 1.29 is 5.11 Å². The SMILES string of the molecule is C=CCC(O)Cc1csc2ccccc12. The van der Waals surface area contributed by atoms with E-state index in [2.05, 4.69) is 24.1 Å². The number of aliphatic hydroxyl groups is 1. The van der Waals surface area contributed by atoms with Gasteiger partial charge in [0.05, 0.1) is 6.10 Å². The summed E-state index contributed by atoms with van der Waals surface area (Å²) in [6.45, 7) is 3.63. The molecule has 0 fully saturated rings. The van der Waals surface area contributed by atoms with Gasteiger partial charge in [0.15, 0.2) is 0 Å². The molecule has 2 aromatic rings. The van der Waals surface area contributed by atoms with Crippen LogP contribution in [0.3, 0.4) is 0 Å². The standard InChI is InChI=1S/C13H14OS/c1-2-5-11(14)8-10-9-15-13-7-4-3-6-12(10)13/h2-4,6-7,9,11,14H,1,5,8H2. The van der Waals surface area contributed by atoms with Crippen molar-refractivity contribution in [1.82, 2.24) is 0 Å². The Bertz CT molecular complexity index is 458. The zero-order valence-corrected chi connectivity index (χ0v) is 9.33. The van der Waals surface area contributed by atoms with Crippen LogP contribution in [-0.4, -0.2) is 11.2 Å². The third kappa shape index (κ3) is 2.28. The molecule has 15 heavy (non-hydrogen) atoms. The van der Waals surface area contributed by atoms with E-state index < -0.39 is 0 Å². The zero-order chi connectivity index (χ0) is 10.7. The summed E-state index contributed by atoms with van der Waals surface area (Å²) in [7, 11) is 0. The van der Waals surface area contributed by atoms with E-state index in [1.54, 1.807) is 17.4 Å². The van der Waals surface area contributed by atoms with Crippen LogP contribution < -0.4 is 0 Å². The topological polar surface area (TPSA) is 20.2 Å². The Kier molecular flexibility index (Phi) is 3.19.